The predicted octanol–water partition coefficient (Wildman–Crippen LogP) is 3.57. The standard InChI is InChI=1S/C19H22ClNO4/c1-21(12-14-9-15(20)5-7-18(14)25-4)19(22)11-13-10-16(23-2)6-8-17(13)24-3/h5-10H,11-12H2,1-4H3. The van der Waals surface area contributed by atoms with Crippen molar-refractivity contribution < 1.29 is 19.0 Å². The van der Waals surface area contributed by atoms with Crippen molar-refractivity contribution in [3.8, 4) is 17.2 Å². The van der Waals surface area contributed by atoms with Crippen molar-refractivity contribution in [3.63, 3.8) is 0 Å². The summed E-state index contributed by atoms with van der Waals surface area (Å²) in [6.07, 6.45) is 0.208. The molecule has 0 aliphatic carbocycles. The van der Waals surface area contributed by atoms with Crippen molar-refractivity contribution in [3.05, 3.63) is 52.5 Å². The Morgan fingerprint density at radius 3 is 2.24 bits per heavy atom. The average molecular weight is 364 g/mol. The van der Waals surface area contributed by atoms with Crippen LogP contribution in [0.15, 0.2) is 36.4 Å². The summed E-state index contributed by atoms with van der Waals surface area (Å²) in [5, 5.41) is 0.603. The number of nitrogens with zero attached hydrogens (tertiary/aromatic N) is 1. The Kier molecular flexibility index (Phi) is 6.53. The van der Waals surface area contributed by atoms with E-state index < -0.39 is 0 Å². The lowest BCUT2D eigenvalue weighted by atomic mass is 10.1. The summed E-state index contributed by atoms with van der Waals surface area (Å²) in [7, 11) is 6.51. The van der Waals surface area contributed by atoms with Crippen molar-refractivity contribution >= 4 is 17.5 Å². The van der Waals surface area contributed by atoms with E-state index in [9.17, 15) is 4.79 Å². The van der Waals surface area contributed by atoms with Gasteiger partial charge in [0.25, 0.3) is 0 Å². The van der Waals surface area contributed by atoms with Crippen LogP contribution in [0.2, 0.25) is 5.02 Å². The fourth-order valence-corrected chi connectivity index (χ4v) is 2.73. The molecule has 2 aromatic carbocycles. The number of halogens is 1. The first-order valence-corrected chi connectivity index (χ1v) is 8.13. The van der Waals surface area contributed by atoms with E-state index in [0.29, 0.717) is 28.8 Å². The summed E-state index contributed by atoms with van der Waals surface area (Å²) in [6, 6.07) is 10.8. The molecule has 0 saturated carbocycles. The largest absolute Gasteiger partial charge is 0.497 e. The molecule has 2 rings (SSSR count). The molecular weight excluding hydrogens is 342 g/mol. The molecule has 0 radical (unpaired) electrons. The third kappa shape index (κ3) is 4.79. The second kappa shape index (κ2) is 8.62. The minimum absolute atomic E-state index is 0.0476. The van der Waals surface area contributed by atoms with Gasteiger partial charge in [-0.05, 0) is 36.4 Å². The Hall–Kier alpha value is -2.40. The highest BCUT2D eigenvalue weighted by Crippen LogP contribution is 2.26. The van der Waals surface area contributed by atoms with Crippen LogP contribution in [0.3, 0.4) is 0 Å². The van der Waals surface area contributed by atoms with Gasteiger partial charge in [-0.2, -0.15) is 0 Å². The van der Waals surface area contributed by atoms with Crippen molar-refractivity contribution in [2.75, 3.05) is 28.4 Å². The molecule has 2 aromatic rings. The quantitative estimate of drug-likeness (QED) is 0.754. The smallest absolute Gasteiger partial charge is 0.227 e. The van der Waals surface area contributed by atoms with E-state index in [4.69, 9.17) is 25.8 Å². The van der Waals surface area contributed by atoms with Crippen LogP contribution in [0, 0.1) is 0 Å². The number of hydrogen-bond donors (Lipinski definition) is 0. The molecule has 0 aromatic heterocycles. The Bertz CT molecular complexity index is 748. The maximum Gasteiger partial charge on any atom is 0.227 e. The van der Waals surface area contributed by atoms with Crippen molar-refractivity contribution in [1.29, 1.82) is 0 Å². The number of methoxy groups -OCH3 is 3. The second-order valence-corrected chi connectivity index (χ2v) is 6.00. The van der Waals surface area contributed by atoms with Crippen molar-refractivity contribution in [1.82, 2.24) is 4.90 Å². The minimum atomic E-state index is -0.0476. The van der Waals surface area contributed by atoms with Gasteiger partial charge in [-0.1, -0.05) is 11.6 Å². The Balaban J connectivity index is 2.15. The van der Waals surface area contributed by atoms with Crippen LogP contribution in [-0.2, 0) is 17.8 Å². The molecule has 0 aliphatic rings. The first-order valence-electron chi connectivity index (χ1n) is 7.75. The van der Waals surface area contributed by atoms with E-state index in [-0.39, 0.29) is 12.3 Å². The van der Waals surface area contributed by atoms with Gasteiger partial charge >= 0.3 is 0 Å². The van der Waals surface area contributed by atoms with Gasteiger partial charge in [0.05, 0.1) is 27.8 Å². The number of ether oxygens (including phenoxy) is 3. The summed E-state index contributed by atoms with van der Waals surface area (Å²) >= 11 is 6.05. The van der Waals surface area contributed by atoms with Crippen molar-refractivity contribution in [2.45, 2.75) is 13.0 Å². The first kappa shape index (κ1) is 18.9. The van der Waals surface area contributed by atoms with Gasteiger partial charge in [-0.25, -0.2) is 0 Å². The SMILES string of the molecule is COc1ccc(OC)c(CC(=O)N(C)Cc2cc(Cl)ccc2OC)c1. The average Bonchev–Trinajstić information content (AvgIpc) is 2.61. The van der Waals surface area contributed by atoms with E-state index in [1.165, 1.54) is 0 Å². The summed E-state index contributed by atoms with van der Waals surface area (Å²) < 4.78 is 15.9. The van der Waals surface area contributed by atoms with E-state index in [0.717, 1.165) is 11.1 Å². The lowest BCUT2D eigenvalue weighted by Gasteiger charge is -2.20. The van der Waals surface area contributed by atoms with Crippen LogP contribution in [-0.4, -0.2) is 39.2 Å². The molecule has 5 nitrogen and oxygen atoms in total. The minimum Gasteiger partial charge on any atom is -0.497 e. The van der Waals surface area contributed by atoms with Crippen LogP contribution < -0.4 is 14.2 Å². The molecule has 0 saturated heterocycles. The number of rotatable bonds is 7. The molecule has 0 unspecified atom stereocenters. The van der Waals surface area contributed by atoms with E-state index in [1.54, 1.807) is 63.6 Å². The number of benzene rings is 2. The highest BCUT2D eigenvalue weighted by molar-refractivity contribution is 6.30. The van der Waals surface area contributed by atoms with Gasteiger partial charge in [0.2, 0.25) is 5.91 Å². The fraction of sp³-hybridized carbons (Fsp3) is 0.316. The molecule has 6 heteroatoms. The lowest BCUT2D eigenvalue weighted by Crippen LogP contribution is -2.28. The van der Waals surface area contributed by atoms with Gasteiger partial charge in [0.15, 0.2) is 0 Å². The summed E-state index contributed by atoms with van der Waals surface area (Å²) in [5.74, 6) is 1.99. The molecular formula is C19H22ClNO4. The molecule has 0 fully saturated rings. The Labute approximate surface area is 153 Å². The van der Waals surface area contributed by atoms with Gasteiger partial charge in [-0.3, -0.25) is 4.79 Å². The number of likely N-dealkylation sites (N-methyl/N-ethyl adjacent to an activating group) is 1. The van der Waals surface area contributed by atoms with Gasteiger partial charge < -0.3 is 19.1 Å². The molecule has 0 aliphatic heterocycles. The van der Waals surface area contributed by atoms with E-state index in [2.05, 4.69) is 0 Å². The third-order valence-corrected chi connectivity index (χ3v) is 4.14. The maximum atomic E-state index is 12.6. The number of carbonyl (C=O) groups is 1. The Morgan fingerprint density at radius 1 is 0.960 bits per heavy atom. The predicted molar refractivity (Wildman–Crippen MR) is 97.7 cm³/mol. The normalized spacial score (nSPS) is 10.3. The number of amides is 1. The zero-order valence-corrected chi connectivity index (χ0v) is 15.6. The monoisotopic (exact) mass is 363 g/mol. The molecule has 1 amide bonds. The zero-order valence-electron chi connectivity index (χ0n) is 14.8. The van der Waals surface area contributed by atoms with Crippen LogP contribution in [0.25, 0.3) is 0 Å². The van der Waals surface area contributed by atoms with Crippen LogP contribution >= 0.6 is 11.6 Å². The highest BCUT2D eigenvalue weighted by Gasteiger charge is 2.16. The van der Waals surface area contributed by atoms with E-state index >= 15 is 0 Å². The number of carbonyl (C=O) groups excluding carboxylic acids is 1. The maximum absolute atomic E-state index is 12.6. The molecule has 0 atom stereocenters. The van der Waals surface area contributed by atoms with Crippen molar-refractivity contribution in [2.24, 2.45) is 0 Å². The highest BCUT2D eigenvalue weighted by atomic mass is 35.5. The molecule has 134 valence electrons. The van der Waals surface area contributed by atoms with Gasteiger partial charge in [-0.15, -0.1) is 0 Å². The lowest BCUT2D eigenvalue weighted by molar-refractivity contribution is -0.129. The van der Waals surface area contributed by atoms with Gasteiger partial charge in [0.1, 0.15) is 17.2 Å². The van der Waals surface area contributed by atoms with Crippen LogP contribution in [0.1, 0.15) is 11.1 Å². The third-order valence-electron chi connectivity index (χ3n) is 3.90. The zero-order chi connectivity index (χ0) is 18.4. The topological polar surface area (TPSA) is 48.0 Å². The second-order valence-electron chi connectivity index (χ2n) is 5.56. The molecule has 0 N–H and O–H groups in total. The van der Waals surface area contributed by atoms with E-state index in [1.807, 2.05) is 6.07 Å². The van der Waals surface area contributed by atoms with Gasteiger partial charge in [0, 0.05) is 29.7 Å². The van der Waals surface area contributed by atoms with Crippen LogP contribution in [0.5, 0.6) is 17.2 Å². The Morgan fingerprint density at radius 2 is 1.60 bits per heavy atom. The molecule has 0 spiro atoms. The molecule has 0 heterocycles. The first-order chi connectivity index (χ1) is 12.0. The fourth-order valence-electron chi connectivity index (χ4n) is 2.53. The molecule has 25 heavy (non-hydrogen) atoms. The van der Waals surface area contributed by atoms with Crippen LogP contribution in [0.4, 0.5) is 0 Å². The molecule has 0 bridgehead atoms. The summed E-state index contributed by atoms with van der Waals surface area (Å²) in [5.41, 5.74) is 1.63. The summed E-state index contributed by atoms with van der Waals surface area (Å²) in [4.78, 5) is 14.3. The number of hydrogen-bond acceptors (Lipinski definition) is 4. The summed E-state index contributed by atoms with van der Waals surface area (Å²) in [6.45, 7) is 0.398.